The van der Waals surface area contributed by atoms with E-state index in [2.05, 4.69) is 10.1 Å². The molecule has 4 rings (SSSR count). The number of para-hydroxylation sites is 1. The number of aromatic nitrogens is 2. The molecule has 2 heterocycles. The molecule has 1 aliphatic heterocycles. The zero-order valence-electron chi connectivity index (χ0n) is 17.9. The Labute approximate surface area is 184 Å². The maximum absolute atomic E-state index is 13.7. The Morgan fingerprint density at radius 3 is 2.75 bits per heavy atom. The van der Waals surface area contributed by atoms with Crippen LogP contribution in [-0.2, 0) is 6.61 Å². The highest BCUT2D eigenvalue weighted by atomic mass is 19.1. The summed E-state index contributed by atoms with van der Waals surface area (Å²) in [4.78, 5) is 19.2. The number of hydrogen-bond acceptors (Lipinski definition) is 7. The average molecular weight is 441 g/mol. The van der Waals surface area contributed by atoms with Gasteiger partial charge in [0.15, 0.2) is 35.5 Å². The molecule has 1 aromatic heterocycles. The van der Waals surface area contributed by atoms with Gasteiger partial charge in [0.05, 0.1) is 14.2 Å². The van der Waals surface area contributed by atoms with Gasteiger partial charge < -0.3 is 23.6 Å². The second-order valence-corrected chi connectivity index (χ2v) is 7.43. The van der Waals surface area contributed by atoms with Crippen molar-refractivity contribution in [2.75, 3.05) is 27.3 Å². The van der Waals surface area contributed by atoms with Gasteiger partial charge in [0.1, 0.15) is 0 Å². The summed E-state index contributed by atoms with van der Waals surface area (Å²) in [5, 5.41) is 4.06. The Hall–Kier alpha value is -3.62. The van der Waals surface area contributed by atoms with Crippen molar-refractivity contribution in [3.63, 3.8) is 0 Å². The normalized spacial score (nSPS) is 16.0. The third-order valence-corrected chi connectivity index (χ3v) is 5.38. The number of nitrogens with zero attached hydrogens (tertiary/aromatic N) is 3. The molecule has 0 radical (unpaired) electrons. The fraction of sp³-hybridized carbons (Fsp3) is 0.348. The van der Waals surface area contributed by atoms with Crippen LogP contribution in [0, 0.1) is 5.82 Å². The van der Waals surface area contributed by atoms with Gasteiger partial charge in [-0.25, -0.2) is 4.39 Å². The second kappa shape index (κ2) is 9.67. The number of hydrogen-bond donors (Lipinski definition) is 0. The molecule has 3 aromatic rings. The number of rotatable bonds is 7. The molecule has 1 amide bonds. The van der Waals surface area contributed by atoms with Gasteiger partial charge in [-0.1, -0.05) is 17.3 Å². The van der Waals surface area contributed by atoms with Crippen molar-refractivity contribution in [3.05, 3.63) is 65.6 Å². The fourth-order valence-corrected chi connectivity index (χ4v) is 3.72. The van der Waals surface area contributed by atoms with Crippen molar-refractivity contribution in [1.29, 1.82) is 0 Å². The Morgan fingerprint density at radius 2 is 1.97 bits per heavy atom. The van der Waals surface area contributed by atoms with Crippen LogP contribution in [0.4, 0.5) is 4.39 Å². The predicted octanol–water partition coefficient (Wildman–Crippen LogP) is 3.82. The Bertz CT molecular complexity index is 1090. The van der Waals surface area contributed by atoms with E-state index in [4.69, 9.17) is 18.7 Å². The standard InChI is InChI=1S/C23H24FN3O5/c1-29-19-10-9-15(12-20(19)30-2)23(28)27-11-5-6-16(13-27)22-25-21(32-26-22)14-31-18-8-4-3-7-17(18)24/h3-4,7-10,12,16H,5-6,11,13-14H2,1-2H3. The lowest BCUT2D eigenvalue weighted by Gasteiger charge is -2.31. The molecule has 1 fully saturated rings. The van der Waals surface area contributed by atoms with Crippen LogP contribution in [-0.4, -0.2) is 48.3 Å². The van der Waals surface area contributed by atoms with Gasteiger partial charge in [-0.05, 0) is 43.2 Å². The molecule has 0 N–H and O–H groups in total. The number of likely N-dealkylation sites (tertiary alicyclic amines) is 1. The van der Waals surface area contributed by atoms with E-state index < -0.39 is 5.82 Å². The van der Waals surface area contributed by atoms with Crippen LogP contribution in [0.2, 0.25) is 0 Å². The lowest BCUT2D eigenvalue weighted by molar-refractivity contribution is 0.0703. The number of carbonyl (C=O) groups excluding carboxylic acids is 1. The Kier molecular flexibility index (Phi) is 6.53. The van der Waals surface area contributed by atoms with E-state index in [9.17, 15) is 9.18 Å². The zero-order valence-corrected chi connectivity index (χ0v) is 17.9. The third kappa shape index (κ3) is 4.66. The topological polar surface area (TPSA) is 86.9 Å². The van der Waals surface area contributed by atoms with Crippen LogP contribution >= 0.6 is 0 Å². The van der Waals surface area contributed by atoms with Crippen molar-refractivity contribution in [2.24, 2.45) is 0 Å². The van der Waals surface area contributed by atoms with Crippen LogP contribution in [0.5, 0.6) is 17.2 Å². The van der Waals surface area contributed by atoms with Gasteiger partial charge in [0.2, 0.25) is 0 Å². The average Bonchev–Trinajstić information content (AvgIpc) is 3.32. The van der Waals surface area contributed by atoms with Crippen LogP contribution < -0.4 is 14.2 Å². The molecular formula is C23H24FN3O5. The monoisotopic (exact) mass is 441 g/mol. The van der Waals surface area contributed by atoms with Gasteiger partial charge in [0.25, 0.3) is 11.8 Å². The number of halogens is 1. The summed E-state index contributed by atoms with van der Waals surface area (Å²) in [5.74, 6) is 1.36. The maximum atomic E-state index is 13.7. The Balaban J connectivity index is 1.41. The predicted molar refractivity (Wildman–Crippen MR) is 112 cm³/mol. The molecule has 1 unspecified atom stereocenters. The molecule has 0 spiro atoms. The molecular weight excluding hydrogens is 417 g/mol. The maximum Gasteiger partial charge on any atom is 0.264 e. The van der Waals surface area contributed by atoms with E-state index in [0.29, 0.717) is 36.0 Å². The molecule has 0 saturated carbocycles. The van der Waals surface area contributed by atoms with Crippen molar-refractivity contribution in [1.82, 2.24) is 15.0 Å². The smallest absolute Gasteiger partial charge is 0.264 e. The first-order valence-corrected chi connectivity index (χ1v) is 10.3. The molecule has 0 aliphatic carbocycles. The molecule has 9 heteroatoms. The fourth-order valence-electron chi connectivity index (χ4n) is 3.72. The summed E-state index contributed by atoms with van der Waals surface area (Å²) < 4.78 is 34.9. The number of benzene rings is 2. The lowest BCUT2D eigenvalue weighted by atomic mass is 9.96. The van der Waals surface area contributed by atoms with Crippen LogP contribution in [0.3, 0.4) is 0 Å². The number of piperidine rings is 1. The van der Waals surface area contributed by atoms with Crippen molar-refractivity contribution >= 4 is 5.91 Å². The minimum Gasteiger partial charge on any atom is -0.493 e. The van der Waals surface area contributed by atoms with Crippen LogP contribution in [0.15, 0.2) is 47.0 Å². The summed E-state index contributed by atoms with van der Waals surface area (Å²) in [6.07, 6.45) is 1.65. The Morgan fingerprint density at radius 1 is 1.16 bits per heavy atom. The lowest BCUT2D eigenvalue weighted by Crippen LogP contribution is -2.39. The van der Waals surface area contributed by atoms with Gasteiger partial charge >= 0.3 is 0 Å². The third-order valence-electron chi connectivity index (χ3n) is 5.38. The quantitative estimate of drug-likeness (QED) is 0.551. The SMILES string of the molecule is COc1ccc(C(=O)N2CCCC(c3noc(COc4ccccc4F)n3)C2)cc1OC. The molecule has 8 nitrogen and oxygen atoms in total. The van der Waals surface area contributed by atoms with Gasteiger partial charge in [-0.2, -0.15) is 4.98 Å². The summed E-state index contributed by atoms with van der Waals surface area (Å²) >= 11 is 0. The number of ether oxygens (including phenoxy) is 3. The summed E-state index contributed by atoms with van der Waals surface area (Å²) in [6.45, 7) is 1.08. The molecule has 1 saturated heterocycles. The molecule has 168 valence electrons. The molecule has 0 bridgehead atoms. The summed E-state index contributed by atoms with van der Waals surface area (Å²) in [5.41, 5.74) is 0.524. The highest BCUT2D eigenvalue weighted by Crippen LogP contribution is 2.30. The first-order chi connectivity index (χ1) is 15.6. The molecule has 1 atom stereocenters. The van der Waals surface area contributed by atoms with Crippen molar-refractivity contribution in [3.8, 4) is 17.2 Å². The molecule has 32 heavy (non-hydrogen) atoms. The zero-order chi connectivity index (χ0) is 22.5. The van der Waals surface area contributed by atoms with E-state index in [1.165, 1.54) is 19.2 Å². The van der Waals surface area contributed by atoms with Crippen molar-refractivity contribution < 1.29 is 27.9 Å². The van der Waals surface area contributed by atoms with E-state index in [0.717, 1.165) is 12.8 Å². The van der Waals surface area contributed by atoms with Gasteiger partial charge in [-0.3, -0.25) is 4.79 Å². The van der Waals surface area contributed by atoms with E-state index in [-0.39, 0.29) is 30.1 Å². The summed E-state index contributed by atoms with van der Waals surface area (Å²) in [6, 6.07) is 11.2. The first kappa shape index (κ1) is 21.6. The highest BCUT2D eigenvalue weighted by Gasteiger charge is 2.29. The minimum absolute atomic E-state index is 0.0328. The van der Waals surface area contributed by atoms with E-state index in [1.807, 2.05) is 0 Å². The first-order valence-electron chi connectivity index (χ1n) is 10.3. The molecule has 2 aromatic carbocycles. The number of methoxy groups -OCH3 is 2. The van der Waals surface area contributed by atoms with Crippen molar-refractivity contribution in [2.45, 2.75) is 25.4 Å². The van der Waals surface area contributed by atoms with Crippen LogP contribution in [0.1, 0.15) is 40.8 Å². The minimum atomic E-state index is -0.455. The number of amides is 1. The van der Waals surface area contributed by atoms with Gasteiger partial charge in [0, 0.05) is 24.6 Å². The van der Waals surface area contributed by atoms with Gasteiger partial charge in [-0.15, -0.1) is 0 Å². The van der Waals surface area contributed by atoms with Crippen LogP contribution in [0.25, 0.3) is 0 Å². The molecule has 1 aliphatic rings. The summed E-state index contributed by atoms with van der Waals surface area (Å²) in [7, 11) is 3.09. The second-order valence-electron chi connectivity index (χ2n) is 7.43. The highest BCUT2D eigenvalue weighted by molar-refractivity contribution is 5.95. The van der Waals surface area contributed by atoms with E-state index >= 15 is 0 Å². The number of carbonyl (C=O) groups is 1. The largest absolute Gasteiger partial charge is 0.493 e. The van der Waals surface area contributed by atoms with E-state index in [1.54, 1.807) is 42.3 Å².